The van der Waals surface area contributed by atoms with E-state index in [4.69, 9.17) is 0 Å². The Balaban J connectivity index is 3.56. The first-order valence-electron chi connectivity index (χ1n) is 3.91. The minimum atomic E-state index is -2.42. The maximum atomic E-state index is 11.6. The van der Waals surface area contributed by atoms with Gasteiger partial charge in [-0.2, -0.15) is 0 Å². The Morgan fingerprint density at radius 2 is 2.23 bits per heavy atom. The zero-order valence-corrected chi connectivity index (χ0v) is 7.48. The number of carbonyl (C=O) groups excluding carboxylic acids is 1. The van der Waals surface area contributed by atoms with Crippen LogP contribution < -0.4 is 5.32 Å². The van der Waals surface area contributed by atoms with E-state index in [1.165, 1.54) is 0 Å². The Bertz CT molecular complexity index is 183. The highest BCUT2D eigenvalue weighted by atomic mass is 19.3. The molecule has 5 heteroatoms. The number of hydrogen-bond acceptors (Lipinski definition) is 3. The molecule has 76 valence electrons. The fraction of sp³-hybridized carbons (Fsp3) is 0.625. The summed E-state index contributed by atoms with van der Waals surface area (Å²) in [5, 5.41) is 2.37. The summed E-state index contributed by atoms with van der Waals surface area (Å²) in [4.78, 5) is 10.9. The lowest BCUT2D eigenvalue weighted by Crippen LogP contribution is -2.26. The fourth-order valence-corrected chi connectivity index (χ4v) is 0.637. The molecule has 0 saturated carbocycles. The second-order valence-corrected chi connectivity index (χ2v) is 2.35. The molecule has 0 aromatic heterocycles. The summed E-state index contributed by atoms with van der Waals surface area (Å²) in [6.45, 7) is 4.89. The van der Waals surface area contributed by atoms with E-state index in [2.05, 4.69) is 16.6 Å². The fourth-order valence-electron chi connectivity index (χ4n) is 0.637. The number of carbonyl (C=O) groups is 1. The molecule has 0 radical (unpaired) electrons. The van der Waals surface area contributed by atoms with E-state index < -0.39 is 18.9 Å². The van der Waals surface area contributed by atoms with Crippen LogP contribution in [0.5, 0.6) is 0 Å². The van der Waals surface area contributed by atoms with Gasteiger partial charge in [-0.15, -0.1) is 0 Å². The van der Waals surface area contributed by atoms with Gasteiger partial charge in [0.1, 0.15) is 0 Å². The molecule has 0 aromatic rings. The van der Waals surface area contributed by atoms with Crippen molar-refractivity contribution >= 4 is 5.97 Å². The molecule has 0 atom stereocenters. The Morgan fingerprint density at radius 3 is 2.69 bits per heavy atom. The molecular formula is C8H13F2NO2. The van der Waals surface area contributed by atoms with Crippen LogP contribution in [-0.2, 0) is 9.53 Å². The highest BCUT2D eigenvalue weighted by molar-refractivity contribution is 5.88. The molecule has 0 amide bonds. The van der Waals surface area contributed by atoms with Gasteiger partial charge >= 0.3 is 5.97 Å². The quantitative estimate of drug-likeness (QED) is 0.504. The first-order chi connectivity index (χ1) is 6.07. The van der Waals surface area contributed by atoms with Crippen molar-refractivity contribution in [2.24, 2.45) is 0 Å². The van der Waals surface area contributed by atoms with Gasteiger partial charge in [-0.1, -0.05) is 6.58 Å². The molecule has 0 aromatic carbocycles. The van der Waals surface area contributed by atoms with Gasteiger partial charge in [0.05, 0.1) is 13.2 Å². The molecule has 13 heavy (non-hydrogen) atoms. The van der Waals surface area contributed by atoms with Crippen molar-refractivity contribution in [1.82, 2.24) is 5.32 Å². The van der Waals surface area contributed by atoms with Gasteiger partial charge in [-0.25, -0.2) is 13.6 Å². The Kier molecular flexibility index (Phi) is 6.05. The maximum Gasteiger partial charge on any atom is 0.334 e. The van der Waals surface area contributed by atoms with Gasteiger partial charge in [0.25, 0.3) is 6.43 Å². The van der Waals surface area contributed by atoms with Gasteiger partial charge in [-0.3, -0.25) is 0 Å². The van der Waals surface area contributed by atoms with Gasteiger partial charge in [0.2, 0.25) is 0 Å². The molecule has 0 heterocycles. The van der Waals surface area contributed by atoms with Crippen LogP contribution in [0.1, 0.15) is 6.92 Å². The van der Waals surface area contributed by atoms with Crippen molar-refractivity contribution in [2.75, 3.05) is 19.7 Å². The minimum absolute atomic E-state index is 0.0309. The predicted molar refractivity (Wildman–Crippen MR) is 44.6 cm³/mol. The zero-order valence-electron chi connectivity index (χ0n) is 7.48. The highest BCUT2D eigenvalue weighted by Crippen LogP contribution is 1.94. The summed E-state index contributed by atoms with van der Waals surface area (Å²) in [5.74, 6) is -0.552. The van der Waals surface area contributed by atoms with Crippen LogP contribution in [0.4, 0.5) is 8.78 Å². The second-order valence-electron chi connectivity index (χ2n) is 2.35. The normalized spacial score (nSPS) is 10.2. The van der Waals surface area contributed by atoms with Crippen LogP contribution in [0.25, 0.3) is 0 Å². The van der Waals surface area contributed by atoms with Gasteiger partial charge in [0.15, 0.2) is 0 Å². The highest BCUT2D eigenvalue weighted by Gasteiger charge is 2.08. The third-order valence-electron chi connectivity index (χ3n) is 1.20. The number of esters is 1. The maximum absolute atomic E-state index is 11.6. The monoisotopic (exact) mass is 193 g/mol. The zero-order chi connectivity index (χ0) is 10.3. The lowest BCUT2D eigenvalue weighted by molar-refractivity contribution is -0.138. The van der Waals surface area contributed by atoms with Crippen LogP contribution in [0, 0.1) is 0 Å². The number of halogens is 2. The molecule has 0 fully saturated rings. The molecule has 0 aliphatic carbocycles. The smallest absolute Gasteiger partial charge is 0.334 e. The molecule has 0 aliphatic rings. The van der Waals surface area contributed by atoms with E-state index in [1.54, 1.807) is 6.92 Å². The molecule has 0 rings (SSSR count). The summed E-state index contributed by atoms with van der Waals surface area (Å²) >= 11 is 0. The largest absolute Gasteiger partial charge is 0.463 e. The number of nitrogens with one attached hydrogen (secondary N) is 1. The molecule has 0 saturated heterocycles. The van der Waals surface area contributed by atoms with Crippen LogP contribution in [0.2, 0.25) is 0 Å². The summed E-state index contributed by atoms with van der Waals surface area (Å²) in [5.41, 5.74) is 0.155. The first kappa shape index (κ1) is 12.0. The van der Waals surface area contributed by atoms with Crippen molar-refractivity contribution in [3.05, 3.63) is 12.2 Å². The van der Waals surface area contributed by atoms with Crippen molar-refractivity contribution in [3.63, 3.8) is 0 Å². The number of hydrogen-bond donors (Lipinski definition) is 1. The summed E-state index contributed by atoms with van der Waals surface area (Å²) < 4.78 is 27.8. The van der Waals surface area contributed by atoms with Gasteiger partial charge in [-0.05, 0) is 6.92 Å². The standard InChI is InChI=1S/C8H13F2NO2/c1-3-13-8(12)6(2)4-11-5-7(9)10/h7,11H,2-5H2,1H3. The molecule has 0 spiro atoms. The molecule has 1 N–H and O–H groups in total. The van der Waals surface area contributed by atoms with E-state index in [0.29, 0.717) is 0 Å². The van der Waals surface area contributed by atoms with E-state index >= 15 is 0 Å². The van der Waals surface area contributed by atoms with Crippen molar-refractivity contribution in [3.8, 4) is 0 Å². The van der Waals surface area contributed by atoms with E-state index in [0.717, 1.165) is 0 Å². The number of alkyl halides is 2. The Labute approximate surface area is 75.8 Å². The molecular weight excluding hydrogens is 180 g/mol. The van der Waals surface area contributed by atoms with Crippen molar-refractivity contribution in [2.45, 2.75) is 13.3 Å². The summed E-state index contributed by atoms with van der Waals surface area (Å²) in [6, 6.07) is 0. The van der Waals surface area contributed by atoms with Gasteiger partial charge < -0.3 is 10.1 Å². The van der Waals surface area contributed by atoms with E-state index in [9.17, 15) is 13.6 Å². The van der Waals surface area contributed by atoms with E-state index in [1.807, 2.05) is 0 Å². The average Bonchev–Trinajstić information content (AvgIpc) is 2.04. The molecule has 0 bridgehead atoms. The number of ether oxygens (including phenoxy) is 1. The van der Waals surface area contributed by atoms with Crippen molar-refractivity contribution in [1.29, 1.82) is 0 Å². The summed E-state index contributed by atoms with van der Waals surface area (Å²) in [7, 11) is 0. The Morgan fingerprint density at radius 1 is 1.62 bits per heavy atom. The van der Waals surface area contributed by atoms with Crippen LogP contribution in [0.3, 0.4) is 0 Å². The van der Waals surface area contributed by atoms with Crippen LogP contribution >= 0.6 is 0 Å². The topological polar surface area (TPSA) is 38.3 Å². The van der Waals surface area contributed by atoms with Gasteiger partial charge in [0, 0.05) is 12.1 Å². The van der Waals surface area contributed by atoms with Crippen LogP contribution in [0.15, 0.2) is 12.2 Å². The van der Waals surface area contributed by atoms with E-state index in [-0.39, 0.29) is 18.7 Å². The Hall–Kier alpha value is -0.970. The molecule has 0 unspecified atom stereocenters. The molecule has 3 nitrogen and oxygen atoms in total. The number of rotatable bonds is 6. The third-order valence-corrected chi connectivity index (χ3v) is 1.20. The SMILES string of the molecule is C=C(CNCC(F)F)C(=O)OCC. The first-order valence-corrected chi connectivity index (χ1v) is 3.91. The van der Waals surface area contributed by atoms with Crippen LogP contribution in [-0.4, -0.2) is 32.1 Å². The molecule has 0 aliphatic heterocycles. The average molecular weight is 193 g/mol. The summed E-state index contributed by atoms with van der Waals surface area (Å²) in [6.07, 6.45) is -2.42. The lowest BCUT2D eigenvalue weighted by atomic mass is 10.3. The third kappa shape index (κ3) is 6.21. The lowest BCUT2D eigenvalue weighted by Gasteiger charge is -2.06. The second kappa shape index (κ2) is 6.54. The minimum Gasteiger partial charge on any atom is -0.463 e. The van der Waals surface area contributed by atoms with Crippen molar-refractivity contribution < 1.29 is 18.3 Å². The predicted octanol–water partition coefficient (Wildman–Crippen LogP) is 0.960.